The van der Waals surface area contributed by atoms with E-state index >= 15 is 0 Å². The highest BCUT2D eigenvalue weighted by molar-refractivity contribution is 5.94. The molecule has 2 amide bonds. The molecule has 0 spiro atoms. The van der Waals surface area contributed by atoms with E-state index in [1.54, 1.807) is 0 Å². The Balaban J connectivity index is 1.72. The smallest absolute Gasteiger partial charge is 0.243 e. The quantitative estimate of drug-likeness (QED) is 0.878. The molecule has 1 aromatic carbocycles. The average molecular weight is 310 g/mol. The summed E-state index contributed by atoms with van der Waals surface area (Å²) >= 11 is 0. The van der Waals surface area contributed by atoms with Gasteiger partial charge in [-0.3, -0.25) is 9.59 Å². The summed E-state index contributed by atoms with van der Waals surface area (Å²) < 4.78 is 25.8. The highest BCUT2D eigenvalue weighted by atomic mass is 19.2. The Morgan fingerprint density at radius 2 is 1.77 bits per heavy atom. The van der Waals surface area contributed by atoms with Crippen LogP contribution in [0.3, 0.4) is 0 Å². The Hall–Kier alpha value is -1.98. The molecule has 0 atom stereocenters. The van der Waals surface area contributed by atoms with Crippen LogP contribution in [-0.4, -0.2) is 18.4 Å². The maximum atomic E-state index is 13.0. The Kier molecular flexibility index (Phi) is 5.86. The third-order valence-corrected chi connectivity index (χ3v) is 3.85. The average Bonchev–Trinajstić information content (AvgIpc) is 2.50. The summed E-state index contributed by atoms with van der Waals surface area (Å²) in [4.78, 5) is 23.4. The Labute approximate surface area is 128 Å². The van der Waals surface area contributed by atoms with Crippen LogP contribution in [0.4, 0.5) is 14.5 Å². The molecular weight excluding hydrogens is 290 g/mol. The second kappa shape index (κ2) is 7.87. The fraction of sp³-hybridized carbons (Fsp3) is 0.500. The zero-order valence-corrected chi connectivity index (χ0v) is 12.3. The Morgan fingerprint density at radius 3 is 2.45 bits per heavy atom. The number of hydrogen-bond donors (Lipinski definition) is 2. The number of carbonyl (C=O) groups is 2. The van der Waals surface area contributed by atoms with Crippen LogP contribution in [0.2, 0.25) is 0 Å². The Bertz CT molecular complexity index is 543. The topological polar surface area (TPSA) is 58.2 Å². The maximum Gasteiger partial charge on any atom is 0.243 e. The second-order valence-electron chi connectivity index (χ2n) is 5.66. The van der Waals surface area contributed by atoms with Crippen LogP contribution in [-0.2, 0) is 9.59 Å². The largest absolute Gasteiger partial charge is 0.347 e. The van der Waals surface area contributed by atoms with E-state index in [1.165, 1.54) is 12.5 Å². The lowest BCUT2D eigenvalue weighted by atomic mass is 9.87. The summed E-state index contributed by atoms with van der Waals surface area (Å²) in [5.74, 6) is -2.21. The van der Waals surface area contributed by atoms with Gasteiger partial charge >= 0.3 is 0 Å². The first-order chi connectivity index (χ1) is 10.5. The number of hydrogen-bond acceptors (Lipinski definition) is 2. The molecule has 2 rings (SSSR count). The minimum absolute atomic E-state index is 0.146. The molecule has 6 heteroatoms. The molecule has 0 aromatic heterocycles. The number of benzene rings is 1. The van der Waals surface area contributed by atoms with Crippen molar-refractivity contribution < 1.29 is 18.4 Å². The van der Waals surface area contributed by atoms with Crippen molar-refractivity contribution in [2.75, 3.05) is 11.9 Å². The van der Waals surface area contributed by atoms with E-state index in [-0.39, 0.29) is 18.1 Å². The molecule has 120 valence electrons. The van der Waals surface area contributed by atoms with Crippen LogP contribution in [0.25, 0.3) is 0 Å². The Morgan fingerprint density at radius 1 is 1.05 bits per heavy atom. The number of amides is 2. The van der Waals surface area contributed by atoms with Crippen LogP contribution in [0.1, 0.15) is 38.5 Å². The molecule has 4 nitrogen and oxygen atoms in total. The fourth-order valence-electron chi connectivity index (χ4n) is 2.68. The predicted molar refractivity (Wildman–Crippen MR) is 79.2 cm³/mol. The number of nitrogens with one attached hydrogen (secondary N) is 2. The fourth-order valence-corrected chi connectivity index (χ4v) is 2.68. The number of anilines is 1. The van der Waals surface area contributed by atoms with Gasteiger partial charge in [-0.05, 0) is 30.9 Å². The summed E-state index contributed by atoms with van der Waals surface area (Å²) in [7, 11) is 0. The third kappa shape index (κ3) is 5.09. The van der Waals surface area contributed by atoms with E-state index in [1.807, 2.05) is 0 Å². The van der Waals surface area contributed by atoms with Crippen LogP contribution >= 0.6 is 0 Å². The molecule has 1 aliphatic carbocycles. The van der Waals surface area contributed by atoms with Gasteiger partial charge in [0.2, 0.25) is 11.8 Å². The summed E-state index contributed by atoms with van der Waals surface area (Å²) in [5, 5.41) is 4.97. The van der Waals surface area contributed by atoms with Crippen LogP contribution in [0.5, 0.6) is 0 Å². The molecule has 0 saturated heterocycles. The zero-order valence-electron chi connectivity index (χ0n) is 12.3. The summed E-state index contributed by atoms with van der Waals surface area (Å²) in [5.41, 5.74) is 0.158. The van der Waals surface area contributed by atoms with Crippen LogP contribution in [0.15, 0.2) is 18.2 Å². The number of carbonyl (C=O) groups excluding carboxylic acids is 2. The molecule has 0 radical (unpaired) electrons. The molecule has 0 aliphatic heterocycles. The van der Waals surface area contributed by atoms with Crippen molar-refractivity contribution in [3.63, 3.8) is 0 Å². The summed E-state index contributed by atoms with van der Waals surface area (Å²) in [6, 6.07) is 3.10. The zero-order chi connectivity index (χ0) is 15.9. The minimum atomic E-state index is -1.03. The van der Waals surface area contributed by atoms with E-state index in [9.17, 15) is 18.4 Å². The van der Waals surface area contributed by atoms with Crippen molar-refractivity contribution in [1.29, 1.82) is 0 Å². The highest BCUT2D eigenvalue weighted by Gasteiger charge is 2.17. The molecular formula is C16H20F2N2O2. The maximum absolute atomic E-state index is 13.0. The van der Waals surface area contributed by atoms with E-state index < -0.39 is 17.5 Å². The van der Waals surface area contributed by atoms with Crippen molar-refractivity contribution in [3.05, 3.63) is 29.8 Å². The first-order valence-corrected chi connectivity index (χ1v) is 7.56. The normalized spacial score (nSPS) is 15.4. The van der Waals surface area contributed by atoms with Gasteiger partial charge in [0.25, 0.3) is 0 Å². The molecule has 22 heavy (non-hydrogen) atoms. The van der Waals surface area contributed by atoms with Crippen molar-refractivity contribution in [3.8, 4) is 0 Å². The highest BCUT2D eigenvalue weighted by Crippen LogP contribution is 2.25. The second-order valence-corrected chi connectivity index (χ2v) is 5.66. The van der Waals surface area contributed by atoms with Gasteiger partial charge in [-0.1, -0.05) is 19.3 Å². The van der Waals surface area contributed by atoms with Crippen molar-refractivity contribution >= 4 is 17.5 Å². The lowest BCUT2D eigenvalue weighted by Crippen LogP contribution is -2.34. The van der Waals surface area contributed by atoms with E-state index in [2.05, 4.69) is 10.6 Å². The molecule has 0 bridgehead atoms. The van der Waals surface area contributed by atoms with Gasteiger partial charge in [-0.25, -0.2) is 8.78 Å². The van der Waals surface area contributed by atoms with Gasteiger partial charge in [-0.15, -0.1) is 0 Å². The standard InChI is InChI=1S/C16H20F2N2O2/c17-13-7-6-12(9-14(13)18)20-16(22)10-19-15(21)8-11-4-2-1-3-5-11/h6-7,9,11H,1-5,8,10H2,(H,19,21)(H,20,22). The molecule has 0 heterocycles. The number of rotatable bonds is 5. The molecule has 1 fully saturated rings. The lowest BCUT2D eigenvalue weighted by Gasteiger charge is -2.20. The predicted octanol–water partition coefficient (Wildman–Crippen LogP) is 2.99. The van der Waals surface area contributed by atoms with E-state index in [0.717, 1.165) is 37.8 Å². The van der Waals surface area contributed by atoms with Gasteiger partial charge in [0, 0.05) is 18.2 Å². The molecule has 0 unspecified atom stereocenters. The van der Waals surface area contributed by atoms with Crippen LogP contribution in [0, 0.1) is 17.6 Å². The van der Waals surface area contributed by atoms with E-state index in [4.69, 9.17) is 0 Å². The first kappa shape index (κ1) is 16.4. The molecule has 1 aromatic rings. The van der Waals surface area contributed by atoms with Gasteiger partial charge in [0.15, 0.2) is 11.6 Å². The van der Waals surface area contributed by atoms with Crippen molar-refractivity contribution in [2.24, 2.45) is 5.92 Å². The molecule has 1 aliphatic rings. The van der Waals surface area contributed by atoms with Gasteiger partial charge in [0.1, 0.15) is 0 Å². The third-order valence-electron chi connectivity index (χ3n) is 3.85. The monoisotopic (exact) mass is 310 g/mol. The van der Waals surface area contributed by atoms with Gasteiger partial charge < -0.3 is 10.6 Å². The summed E-state index contributed by atoms with van der Waals surface area (Å²) in [6.45, 7) is -0.176. The lowest BCUT2D eigenvalue weighted by molar-refractivity contribution is -0.125. The van der Waals surface area contributed by atoms with Crippen LogP contribution < -0.4 is 10.6 Å². The number of halogens is 2. The van der Waals surface area contributed by atoms with Gasteiger partial charge in [-0.2, -0.15) is 0 Å². The van der Waals surface area contributed by atoms with Crippen molar-refractivity contribution in [2.45, 2.75) is 38.5 Å². The molecule has 2 N–H and O–H groups in total. The minimum Gasteiger partial charge on any atom is -0.347 e. The molecule has 1 saturated carbocycles. The van der Waals surface area contributed by atoms with Gasteiger partial charge in [0.05, 0.1) is 6.54 Å². The SMILES string of the molecule is O=C(CC1CCCCC1)NCC(=O)Nc1ccc(F)c(F)c1. The summed E-state index contributed by atoms with van der Waals surface area (Å²) in [6.07, 6.45) is 6.12. The van der Waals surface area contributed by atoms with Crippen molar-refractivity contribution in [1.82, 2.24) is 5.32 Å². The first-order valence-electron chi connectivity index (χ1n) is 7.56. The van der Waals surface area contributed by atoms with E-state index in [0.29, 0.717) is 12.3 Å².